The number of nitrogens with zero attached hydrogens (tertiary/aromatic N) is 2. The average Bonchev–Trinajstić information content (AvgIpc) is 2.84. The first-order valence-corrected chi connectivity index (χ1v) is 10.8. The van der Waals surface area contributed by atoms with Crippen LogP contribution in [0.3, 0.4) is 0 Å². The van der Waals surface area contributed by atoms with Gasteiger partial charge < -0.3 is 14.2 Å². The van der Waals surface area contributed by atoms with Crippen LogP contribution in [0.2, 0.25) is 0 Å². The van der Waals surface area contributed by atoms with Crippen LogP contribution in [0.1, 0.15) is 43.2 Å². The van der Waals surface area contributed by atoms with Gasteiger partial charge in [-0.15, -0.1) is 0 Å². The van der Waals surface area contributed by atoms with Crippen molar-refractivity contribution in [1.82, 2.24) is 9.97 Å². The van der Waals surface area contributed by atoms with Crippen molar-refractivity contribution in [3.63, 3.8) is 0 Å². The Morgan fingerprint density at radius 1 is 0.824 bits per heavy atom. The normalized spacial score (nSPS) is 11.0. The number of hydrogen-bond donors (Lipinski definition) is 0. The van der Waals surface area contributed by atoms with Crippen LogP contribution in [0, 0.1) is 27.7 Å². The van der Waals surface area contributed by atoms with E-state index in [4.69, 9.17) is 14.2 Å². The van der Waals surface area contributed by atoms with E-state index in [9.17, 15) is 9.59 Å². The van der Waals surface area contributed by atoms with Crippen LogP contribution in [-0.4, -0.2) is 43.6 Å². The molecule has 34 heavy (non-hydrogen) atoms. The smallest absolute Gasteiger partial charge is 0.356 e. The lowest BCUT2D eigenvalue weighted by molar-refractivity contribution is 0.0594. The Morgan fingerprint density at radius 3 is 2.09 bits per heavy atom. The first-order chi connectivity index (χ1) is 16.2. The van der Waals surface area contributed by atoms with E-state index in [1.54, 1.807) is 20.3 Å². The number of aryl methyl sites for hydroxylation is 2. The zero-order valence-electron chi connectivity index (χ0n) is 20.3. The highest BCUT2D eigenvalue weighted by Gasteiger charge is 2.21. The van der Waals surface area contributed by atoms with Crippen molar-refractivity contribution in [1.29, 1.82) is 0 Å². The number of rotatable bonds is 5. The lowest BCUT2D eigenvalue weighted by Crippen LogP contribution is -2.07. The third-order valence-corrected chi connectivity index (χ3v) is 6.36. The van der Waals surface area contributed by atoms with Gasteiger partial charge in [-0.05, 0) is 73.5 Å². The highest BCUT2D eigenvalue weighted by atomic mass is 16.5. The van der Waals surface area contributed by atoms with Crippen molar-refractivity contribution in [3.05, 3.63) is 57.9 Å². The summed E-state index contributed by atoms with van der Waals surface area (Å²) in [6.07, 6.45) is 0.714. The summed E-state index contributed by atoms with van der Waals surface area (Å²) in [5, 5.41) is 2.90. The Bertz CT molecular complexity index is 1490. The monoisotopic (exact) mass is 458 g/mol. The van der Waals surface area contributed by atoms with Gasteiger partial charge in [0.1, 0.15) is 22.9 Å². The lowest BCUT2D eigenvalue weighted by Gasteiger charge is -2.17. The van der Waals surface area contributed by atoms with Gasteiger partial charge in [0.15, 0.2) is 6.29 Å². The first-order valence-electron chi connectivity index (χ1n) is 10.8. The van der Waals surface area contributed by atoms with Crippen molar-refractivity contribution in [2.24, 2.45) is 0 Å². The zero-order valence-corrected chi connectivity index (χ0v) is 20.3. The summed E-state index contributed by atoms with van der Waals surface area (Å²) >= 11 is 0. The van der Waals surface area contributed by atoms with Crippen LogP contribution >= 0.6 is 0 Å². The number of benzene rings is 2. The largest absolute Gasteiger partial charge is 0.496 e. The minimum Gasteiger partial charge on any atom is -0.496 e. The number of aromatic nitrogens is 2. The predicted octanol–water partition coefficient (Wildman–Crippen LogP) is 5.30. The number of carbonyl (C=O) groups excluding carboxylic acids is 2. The molecule has 0 atom stereocenters. The van der Waals surface area contributed by atoms with E-state index in [0.29, 0.717) is 39.9 Å². The number of carbonyl (C=O) groups is 2. The number of pyridine rings is 2. The first kappa shape index (κ1) is 23.2. The molecule has 0 spiro atoms. The quantitative estimate of drug-likeness (QED) is 0.296. The molecule has 0 bridgehead atoms. The fraction of sp³-hybridized carbons (Fsp3) is 0.259. The summed E-state index contributed by atoms with van der Waals surface area (Å²) in [5.41, 5.74) is 5.21. The van der Waals surface area contributed by atoms with Crippen LogP contribution in [0.4, 0.5) is 0 Å². The summed E-state index contributed by atoms with van der Waals surface area (Å²) in [4.78, 5) is 33.9. The van der Waals surface area contributed by atoms with E-state index >= 15 is 0 Å². The third kappa shape index (κ3) is 3.53. The van der Waals surface area contributed by atoms with E-state index in [2.05, 4.69) is 9.97 Å². The fourth-order valence-corrected chi connectivity index (χ4v) is 4.38. The Hall–Kier alpha value is -4.00. The Labute approximate surface area is 197 Å². The standard InChI is InChI=1S/C27H26N2O5/c1-13-8-17-10-20(28-22(12-30)23(17)26(33-6)16(13)4)24-18-9-14(2)15(3)25(32-5)19(18)11-21(29-24)27(31)34-7/h8-12H,1-7H3. The lowest BCUT2D eigenvalue weighted by atomic mass is 9.96. The van der Waals surface area contributed by atoms with Gasteiger partial charge in [0, 0.05) is 10.8 Å². The Kier molecular flexibility index (Phi) is 5.96. The number of aldehydes is 1. The molecule has 0 aliphatic carbocycles. The molecule has 2 heterocycles. The summed E-state index contributed by atoms with van der Waals surface area (Å²) in [6, 6.07) is 7.51. The van der Waals surface area contributed by atoms with Gasteiger partial charge >= 0.3 is 5.97 Å². The molecule has 174 valence electrons. The van der Waals surface area contributed by atoms with Crippen LogP contribution in [0.25, 0.3) is 32.9 Å². The van der Waals surface area contributed by atoms with Gasteiger partial charge in [-0.2, -0.15) is 0 Å². The van der Waals surface area contributed by atoms with Crippen LogP contribution in [0.5, 0.6) is 11.5 Å². The molecule has 0 aliphatic rings. The molecule has 4 aromatic rings. The van der Waals surface area contributed by atoms with Gasteiger partial charge in [0.05, 0.1) is 38.1 Å². The Balaban J connectivity index is 2.17. The van der Waals surface area contributed by atoms with Crippen molar-refractivity contribution in [2.75, 3.05) is 21.3 Å². The number of hydrogen-bond acceptors (Lipinski definition) is 7. The number of fused-ring (bicyclic) bond motifs is 2. The molecule has 0 saturated heterocycles. The van der Waals surface area contributed by atoms with Crippen molar-refractivity contribution in [3.8, 4) is 22.9 Å². The Morgan fingerprint density at radius 2 is 1.47 bits per heavy atom. The predicted molar refractivity (Wildman–Crippen MR) is 131 cm³/mol. The second-order valence-corrected chi connectivity index (χ2v) is 8.25. The summed E-state index contributed by atoms with van der Waals surface area (Å²) in [5.74, 6) is 0.687. The summed E-state index contributed by atoms with van der Waals surface area (Å²) in [7, 11) is 4.48. The maximum Gasteiger partial charge on any atom is 0.356 e. The van der Waals surface area contributed by atoms with Gasteiger partial charge in [0.25, 0.3) is 0 Å². The highest BCUT2D eigenvalue weighted by molar-refractivity contribution is 6.06. The average molecular weight is 459 g/mol. The molecule has 0 unspecified atom stereocenters. The number of ether oxygens (including phenoxy) is 3. The summed E-state index contributed by atoms with van der Waals surface area (Å²) in [6.45, 7) is 7.88. The number of methoxy groups -OCH3 is 3. The number of esters is 1. The van der Waals surface area contributed by atoms with Crippen LogP contribution in [0.15, 0.2) is 24.3 Å². The highest BCUT2D eigenvalue weighted by Crippen LogP contribution is 2.39. The van der Waals surface area contributed by atoms with Gasteiger partial charge in [-0.3, -0.25) is 4.79 Å². The maximum absolute atomic E-state index is 12.5. The topological polar surface area (TPSA) is 87.6 Å². The SMILES string of the molecule is COC(=O)c1cc2c(OC)c(C)c(C)cc2c(-c2cc3cc(C)c(C)c(OC)c3c(C=O)n2)n1. The zero-order chi connectivity index (χ0) is 24.7. The molecule has 0 saturated carbocycles. The second-order valence-electron chi connectivity index (χ2n) is 8.25. The van der Waals surface area contributed by atoms with E-state index in [-0.39, 0.29) is 11.4 Å². The second kappa shape index (κ2) is 8.74. The molecule has 0 radical (unpaired) electrons. The molecular weight excluding hydrogens is 432 g/mol. The molecule has 0 aliphatic heterocycles. The van der Waals surface area contributed by atoms with E-state index < -0.39 is 5.97 Å². The molecule has 7 heteroatoms. The third-order valence-electron chi connectivity index (χ3n) is 6.36. The van der Waals surface area contributed by atoms with Crippen molar-refractivity contribution < 1.29 is 23.8 Å². The van der Waals surface area contributed by atoms with E-state index in [1.807, 2.05) is 45.9 Å². The van der Waals surface area contributed by atoms with Crippen LogP contribution < -0.4 is 9.47 Å². The molecule has 2 aromatic carbocycles. The van der Waals surface area contributed by atoms with Crippen molar-refractivity contribution in [2.45, 2.75) is 27.7 Å². The molecule has 0 amide bonds. The molecule has 7 nitrogen and oxygen atoms in total. The minimum atomic E-state index is -0.576. The molecule has 4 rings (SSSR count). The fourth-order valence-electron chi connectivity index (χ4n) is 4.38. The molecule has 2 aromatic heterocycles. The van der Waals surface area contributed by atoms with Crippen LogP contribution in [-0.2, 0) is 4.74 Å². The van der Waals surface area contributed by atoms with Gasteiger partial charge in [-0.25, -0.2) is 14.8 Å². The van der Waals surface area contributed by atoms with Gasteiger partial charge in [0.2, 0.25) is 0 Å². The molecule has 0 fully saturated rings. The van der Waals surface area contributed by atoms with Crippen molar-refractivity contribution >= 4 is 33.8 Å². The van der Waals surface area contributed by atoms with E-state index in [0.717, 1.165) is 33.0 Å². The van der Waals surface area contributed by atoms with Gasteiger partial charge in [-0.1, -0.05) is 6.07 Å². The molecular formula is C27H26N2O5. The molecule has 0 N–H and O–H groups in total. The maximum atomic E-state index is 12.5. The summed E-state index contributed by atoms with van der Waals surface area (Å²) < 4.78 is 16.3. The van der Waals surface area contributed by atoms with E-state index in [1.165, 1.54) is 7.11 Å². The minimum absolute atomic E-state index is 0.124.